The summed E-state index contributed by atoms with van der Waals surface area (Å²) in [6, 6.07) is 15.1. The number of carbonyl (C=O) groups excluding carboxylic acids is 1. The lowest BCUT2D eigenvalue weighted by Crippen LogP contribution is -2.38. The van der Waals surface area contributed by atoms with E-state index >= 15 is 0 Å². The Morgan fingerprint density at radius 2 is 1.93 bits per heavy atom. The fourth-order valence-corrected chi connectivity index (χ4v) is 3.74. The molecule has 0 aliphatic heterocycles. The van der Waals surface area contributed by atoms with Crippen molar-refractivity contribution in [2.75, 3.05) is 10.7 Å². The van der Waals surface area contributed by atoms with Gasteiger partial charge < -0.3 is 4.90 Å². The van der Waals surface area contributed by atoms with Crippen LogP contribution in [0, 0.1) is 6.92 Å². The van der Waals surface area contributed by atoms with Gasteiger partial charge in [-0.1, -0.05) is 24.3 Å². The lowest BCUT2D eigenvalue weighted by molar-refractivity contribution is -0.116. The van der Waals surface area contributed by atoms with Gasteiger partial charge in [0.05, 0.1) is 11.4 Å². The molecule has 3 rings (SSSR count). The quantitative estimate of drug-likeness (QED) is 0.654. The van der Waals surface area contributed by atoms with Crippen molar-refractivity contribution in [3.63, 3.8) is 0 Å². The van der Waals surface area contributed by atoms with E-state index < -0.39 is 0 Å². The molecule has 0 unspecified atom stereocenters. The lowest BCUT2D eigenvalue weighted by atomic mass is 10.2. The first-order chi connectivity index (χ1) is 13.0. The Labute approximate surface area is 163 Å². The van der Waals surface area contributed by atoms with Crippen LogP contribution < -0.4 is 10.5 Å². The summed E-state index contributed by atoms with van der Waals surface area (Å²) in [4.78, 5) is 31.3. The number of thioether (sulfide) groups is 1. The molecule has 0 saturated carbocycles. The molecule has 0 aliphatic rings. The molecule has 0 spiro atoms. The molecule has 1 amide bonds. The standard InChI is InChI=1S/C21H23N3O2S/c1-15(2)24(18-7-5-4-6-8-18)21(26)14-27-13-17-11-20(25)23-12-16(3)9-10-19(23)22-17/h4-12,15H,13-14H2,1-3H3. The predicted molar refractivity (Wildman–Crippen MR) is 111 cm³/mol. The number of aromatic nitrogens is 2. The minimum atomic E-state index is -0.0984. The molecule has 0 fully saturated rings. The number of anilines is 1. The monoisotopic (exact) mass is 381 g/mol. The molecule has 0 bridgehead atoms. The van der Waals surface area contributed by atoms with Gasteiger partial charge in [-0.15, -0.1) is 11.8 Å². The number of nitrogens with zero attached hydrogens (tertiary/aromatic N) is 3. The Morgan fingerprint density at radius 3 is 2.63 bits per heavy atom. The first-order valence-corrected chi connectivity index (χ1v) is 10.0. The fourth-order valence-electron chi connectivity index (χ4n) is 2.96. The van der Waals surface area contributed by atoms with Crippen molar-refractivity contribution in [2.24, 2.45) is 0 Å². The third-order valence-corrected chi connectivity index (χ3v) is 5.11. The van der Waals surface area contributed by atoms with E-state index in [4.69, 9.17) is 0 Å². The van der Waals surface area contributed by atoms with E-state index in [-0.39, 0.29) is 17.5 Å². The average Bonchev–Trinajstić information content (AvgIpc) is 2.63. The molecule has 2 aromatic heterocycles. The molecule has 0 N–H and O–H groups in total. The third-order valence-electron chi connectivity index (χ3n) is 4.16. The lowest BCUT2D eigenvalue weighted by Gasteiger charge is -2.26. The largest absolute Gasteiger partial charge is 0.309 e. The van der Waals surface area contributed by atoms with E-state index in [0.29, 0.717) is 22.8 Å². The second-order valence-corrected chi connectivity index (χ2v) is 7.69. The number of benzene rings is 1. The van der Waals surface area contributed by atoms with Crippen LogP contribution in [-0.4, -0.2) is 27.1 Å². The number of fused-ring (bicyclic) bond motifs is 1. The van der Waals surface area contributed by atoms with E-state index in [1.807, 2.05) is 63.2 Å². The van der Waals surface area contributed by atoms with Gasteiger partial charge in [0.1, 0.15) is 5.65 Å². The number of rotatable bonds is 6. The van der Waals surface area contributed by atoms with Crippen molar-refractivity contribution in [1.82, 2.24) is 9.38 Å². The second-order valence-electron chi connectivity index (χ2n) is 6.71. The van der Waals surface area contributed by atoms with Crippen LogP contribution in [0.25, 0.3) is 5.65 Å². The average molecular weight is 382 g/mol. The molecule has 0 saturated heterocycles. The van der Waals surface area contributed by atoms with Crippen LogP contribution in [0.3, 0.4) is 0 Å². The first kappa shape index (κ1) is 19.2. The van der Waals surface area contributed by atoms with Gasteiger partial charge >= 0.3 is 0 Å². The van der Waals surface area contributed by atoms with E-state index in [1.165, 1.54) is 11.8 Å². The molecule has 140 valence electrons. The van der Waals surface area contributed by atoms with Crippen molar-refractivity contribution in [3.05, 3.63) is 76.3 Å². The SMILES string of the molecule is Cc1ccc2nc(CSCC(=O)N(c3ccccc3)C(C)C)cc(=O)n2c1. The number of carbonyl (C=O) groups is 1. The summed E-state index contributed by atoms with van der Waals surface area (Å²) in [5, 5.41) is 0. The predicted octanol–water partition coefficient (Wildman–Crippen LogP) is 3.68. The molecule has 1 aromatic carbocycles. The van der Waals surface area contributed by atoms with Gasteiger partial charge in [-0.3, -0.25) is 14.0 Å². The Balaban J connectivity index is 1.68. The number of hydrogen-bond acceptors (Lipinski definition) is 4. The number of hydrogen-bond donors (Lipinski definition) is 0. The van der Waals surface area contributed by atoms with E-state index in [2.05, 4.69) is 4.98 Å². The molecule has 0 aliphatic carbocycles. The molecule has 27 heavy (non-hydrogen) atoms. The molecular weight excluding hydrogens is 358 g/mol. The molecule has 5 nitrogen and oxygen atoms in total. The maximum atomic E-state index is 12.7. The zero-order valence-corrected chi connectivity index (χ0v) is 16.6. The van der Waals surface area contributed by atoms with Gasteiger partial charge in [-0.25, -0.2) is 4.98 Å². The number of pyridine rings is 1. The van der Waals surface area contributed by atoms with Crippen molar-refractivity contribution in [2.45, 2.75) is 32.6 Å². The summed E-state index contributed by atoms with van der Waals surface area (Å²) in [7, 11) is 0. The maximum absolute atomic E-state index is 12.7. The van der Waals surface area contributed by atoms with Crippen molar-refractivity contribution in [3.8, 4) is 0 Å². The molecule has 3 aromatic rings. The van der Waals surface area contributed by atoms with Crippen LogP contribution in [0.4, 0.5) is 5.69 Å². The smallest absolute Gasteiger partial charge is 0.258 e. The molecule has 0 atom stereocenters. The van der Waals surface area contributed by atoms with E-state index in [1.54, 1.807) is 21.6 Å². The van der Waals surface area contributed by atoms with Crippen LogP contribution in [0.2, 0.25) is 0 Å². The number of aryl methyl sites for hydroxylation is 1. The minimum absolute atomic E-state index is 0.0503. The molecule has 6 heteroatoms. The van der Waals surface area contributed by atoms with Gasteiger partial charge in [0.2, 0.25) is 5.91 Å². The molecule has 0 radical (unpaired) electrons. The highest BCUT2D eigenvalue weighted by molar-refractivity contribution is 7.99. The summed E-state index contributed by atoms with van der Waals surface area (Å²) in [6.45, 7) is 5.95. The van der Waals surface area contributed by atoms with E-state index in [9.17, 15) is 9.59 Å². The summed E-state index contributed by atoms with van der Waals surface area (Å²) >= 11 is 1.47. The van der Waals surface area contributed by atoms with Crippen molar-refractivity contribution >= 4 is 29.0 Å². The number of para-hydroxylation sites is 1. The summed E-state index contributed by atoms with van der Waals surface area (Å²) < 4.78 is 1.55. The highest BCUT2D eigenvalue weighted by atomic mass is 32.2. The maximum Gasteiger partial charge on any atom is 0.258 e. The van der Waals surface area contributed by atoms with Crippen LogP contribution in [0.5, 0.6) is 0 Å². The van der Waals surface area contributed by atoms with Gasteiger partial charge in [-0.2, -0.15) is 0 Å². The fraction of sp³-hybridized carbons (Fsp3) is 0.286. The third kappa shape index (κ3) is 4.57. The van der Waals surface area contributed by atoms with Gasteiger partial charge in [0, 0.05) is 29.7 Å². The van der Waals surface area contributed by atoms with Crippen molar-refractivity contribution < 1.29 is 4.79 Å². The van der Waals surface area contributed by atoms with E-state index in [0.717, 1.165) is 11.3 Å². The van der Waals surface area contributed by atoms with Crippen molar-refractivity contribution in [1.29, 1.82) is 0 Å². The Kier molecular flexibility index (Phi) is 5.96. The Bertz CT molecular complexity index is 999. The topological polar surface area (TPSA) is 54.7 Å². The van der Waals surface area contributed by atoms with Gasteiger partial charge in [0.25, 0.3) is 5.56 Å². The number of amides is 1. The van der Waals surface area contributed by atoms with Crippen LogP contribution in [-0.2, 0) is 10.5 Å². The zero-order chi connectivity index (χ0) is 19.4. The summed E-state index contributed by atoms with van der Waals surface area (Å²) in [5.41, 5.74) is 3.13. The van der Waals surface area contributed by atoms with Crippen LogP contribution >= 0.6 is 11.8 Å². The Hall–Kier alpha value is -2.60. The normalized spacial score (nSPS) is 11.1. The van der Waals surface area contributed by atoms with Gasteiger partial charge in [-0.05, 0) is 44.5 Å². The molecular formula is C21H23N3O2S. The summed E-state index contributed by atoms with van der Waals surface area (Å²) in [6.07, 6.45) is 1.78. The minimum Gasteiger partial charge on any atom is -0.309 e. The Morgan fingerprint density at radius 1 is 1.19 bits per heavy atom. The molecule has 2 heterocycles. The highest BCUT2D eigenvalue weighted by Gasteiger charge is 2.18. The van der Waals surface area contributed by atoms with Crippen LogP contribution in [0.1, 0.15) is 25.1 Å². The summed E-state index contributed by atoms with van der Waals surface area (Å²) in [5.74, 6) is 0.906. The zero-order valence-electron chi connectivity index (χ0n) is 15.8. The van der Waals surface area contributed by atoms with Crippen LogP contribution in [0.15, 0.2) is 59.5 Å². The van der Waals surface area contributed by atoms with Gasteiger partial charge in [0.15, 0.2) is 0 Å². The second kappa shape index (κ2) is 8.39. The first-order valence-electron chi connectivity index (χ1n) is 8.89. The highest BCUT2D eigenvalue weighted by Crippen LogP contribution is 2.19.